The molecule has 1 saturated heterocycles. The third-order valence-corrected chi connectivity index (χ3v) is 5.63. The number of methoxy groups -OCH3 is 1. The largest absolute Gasteiger partial charge is 0.479 e. The molecule has 3 aromatic rings. The standard InChI is InChI=1S/C19H20N4O3S/c1-26-17-15-16(14(11-20-17)12-5-3-2-4-6-12)27-18(21-15)22-19(25)23-9-7-13(24)8-10-23/h2-6,11,13,24H,7-10H2,1H3,(H,21,22,25). The van der Waals surface area contributed by atoms with E-state index in [1.54, 1.807) is 18.2 Å². The van der Waals surface area contributed by atoms with Crippen molar-refractivity contribution in [3.8, 4) is 17.0 Å². The van der Waals surface area contributed by atoms with Crippen LogP contribution in [0.2, 0.25) is 0 Å². The molecule has 0 bridgehead atoms. The summed E-state index contributed by atoms with van der Waals surface area (Å²) in [4.78, 5) is 23.1. The number of rotatable bonds is 3. The SMILES string of the molecule is COc1ncc(-c2ccccc2)c2sc(NC(=O)N3CCC(O)CC3)nc12. The first-order valence-electron chi connectivity index (χ1n) is 8.78. The summed E-state index contributed by atoms with van der Waals surface area (Å²) < 4.78 is 6.26. The predicted octanol–water partition coefficient (Wildman–Crippen LogP) is 3.36. The van der Waals surface area contributed by atoms with Crippen molar-refractivity contribution in [2.75, 3.05) is 25.5 Å². The zero-order chi connectivity index (χ0) is 18.8. The van der Waals surface area contributed by atoms with E-state index in [0.717, 1.165) is 15.8 Å². The molecule has 7 nitrogen and oxygen atoms in total. The molecule has 1 fully saturated rings. The Labute approximate surface area is 160 Å². The van der Waals surface area contributed by atoms with Crippen LogP contribution >= 0.6 is 11.3 Å². The average molecular weight is 384 g/mol. The van der Waals surface area contributed by atoms with Crippen molar-refractivity contribution >= 4 is 32.7 Å². The van der Waals surface area contributed by atoms with Crippen LogP contribution in [0.4, 0.5) is 9.93 Å². The van der Waals surface area contributed by atoms with Gasteiger partial charge >= 0.3 is 6.03 Å². The van der Waals surface area contributed by atoms with Crippen LogP contribution in [0.25, 0.3) is 21.3 Å². The summed E-state index contributed by atoms with van der Waals surface area (Å²) in [7, 11) is 1.56. The number of pyridine rings is 1. The number of hydrogen-bond acceptors (Lipinski definition) is 6. The van der Waals surface area contributed by atoms with Gasteiger partial charge in [-0.05, 0) is 18.4 Å². The van der Waals surface area contributed by atoms with Crippen molar-refractivity contribution in [2.24, 2.45) is 0 Å². The highest BCUT2D eigenvalue weighted by molar-refractivity contribution is 7.23. The van der Waals surface area contributed by atoms with Crippen LogP contribution in [0.5, 0.6) is 5.88 Å². The summed E-state index contributed by atoms with van der Waals surface area (Å²) in [6.07, 6.45) is 2.65. The summed E-state index contributed by atoms with van der Waals surface area (Å²) in [5.41, 5.74) is 2.61. The van der Waals surface area contributed by atoms with E-state index in [1.165, 1.54) is 11.3 Å². The number of nitrogens with one attached hydrogen (secondary N) is 1. The van der Waals surface area contributed by atoms with Crippen LogP contribution in [-0.2, 0) is 0 Å². The van der Waals surface area contributed by atoms with Gasteiger partial charge in [-0.25, -0.2) is 14.8 Å². The van der Waals surface area contributed by atoms with Crippen molar-refractivity contribution < 1.29 is 14.6 Å². The van der Waals surface area contributed by atoms with Crippen LogP contribution < -0.4 is 10.1 Å². The minimum absolute atomic E-state index is 0.200. The maximum atomic E-state index is 12.5. The van der Waals surface area contributed by atoms with Gasteiger partial charge in [0.05, 0.1) is 17.9 Å². The van der Waals surface area contributed by atoms with Crippen molar-refractivity contribution in [1.29, 1.82) is 0 Å². The Morgan fingerprint density at radius 3 is 2.74 bits per heavy atom. The number of benzene rings is 1. The molecule has 27 heavy (non-hydrogen) atoms. The average Bonchev–Trinajstić information content (AvgIpc) is 3.11. The fraction of sp³-hybridized carbons (Fsp3) is 0.316. The number of piperidine rings is 1. The molecule has 0 unspecified atom stereocenters. The zero-order valence-electron chi connectivity index (χ0n) is 14.9. The van der Waals surface area contributed by atoms with Gasteiger partial charge in [0.15, 0.2) is 5.13 Å². The van der Waals surface area contributed by atoms with Crippen LogP contribution in [0, 0.1) is 0 Å². The number of aromatic nitrogens is 2. The maximum absolute atomic E-state index is 12.5. The van der Waals surface area contributed by atoms with Gasteiger partial charge in [0.25, 0.3) is 0 Å². The Bertz CT molecular complexity index is 952. The van der Waals surface area contributed by atoms with Gasteiger partial charge in [-0.3, -0.25) is 5.32 Å². The smallest absolute Gasteiger partial charge is 0.323 e. The number of amides is 2. The minimum atomic E-state index is -0.319. The van der Waals surface area contributed by atoms with E-state index in [4.69, 9.17) is 4.74 Å². The lowest BCUT2D eigenvalue weighted by atomic mass is 10.1. The number of hydrogen-bond donors (Lipinski definition) is 2. The number of carbonyl (C=O) groups is 1. The molecule has 2 aromatic heterocycles. The third-order valence-electron chi connectivity index (χ3n) is 4.63. The maximum Gasteiger partial charge on any atom is 0.323 e. The molecule has 1 aliphatic rings. The van der Waals surface area contributed by atoms with Crippen molar-refractivity contribution in [2.45, 2.75) is 18.9 Å². The summed E-state index contributed by atoms with van der Waals surface area (Å²) in [5, 5.41) is 13.0. The van der Waals surface area contributed by atoms with E-state index in [0.29, 0.717) is 42.5 Å². The van der Waals surface area contributed by atoms with Gasteiger partial charge in [-0.1, -0.05) is 41.7 Å². The van der Waals surface area contributed by atoms with Gasteiger partial charge in [0.1, 0.15) is 5.52 Å². The fourth-order valence-electron chi connectivity index (χ4n) is 3.16. The van der Waals surface area contributed by atoms with Crippen molar-refractivity contribution in [3.63, 3.8) is 0 Å². The van der Waals surface area contributed by atoms with Gasteiger partial charge in [0, 0.05) is 24.8 Å². The van der Waals surface area contributed by atoms with E-state index >= 15 is 0 Å². The second-order valence-electron chi connectivity index (χ2n) is 6.39. The van der Waals surface area contributed by atoms with E-state index in [2.05, 4.69) is 15.3 Å². The lowest BCUT2D eigenvalue weighted by Gasteiger charge is -2.29. The topological polar surface area (TPSA) is 87.6 Å². The Kier molecular flexibility index (Phi) is 4.91. The first-order chi connectivity index (χ1) is 13.2. The minimum Gasteiger partial charge on any atom is -0.479 e. The second kappa shape index (κ2) is 7.50. The lowest BCUT2D eigenvalue weighted by molar-refractivity contribution is 0.0972. The Balaban J connectivity index is 1.65. The van der Waals surface area contributed by atoms with Gasteiger partial charge in [-0.2, -0.15) is 0 Å². The monoisotopic (exact) mass is 384 g/mol. The lowest BCUT2D eigenvalue weighted by Crippen LogP contribution is -2.42. The highest BCUT2D eigenvalue weighted by Gasteiger charge is 2.23. The second-order valence-corrected chi connectivity index (χ2v) is 7.39. The van der Waals surface area contributed by atoms with Crippen molar-refractivity contribution in [1.82, 2.24) is 14.9 Å². The first kappa shape index (κ1) is 17.7. The highest BCUT2D eigenvalue weighted by Crippen LogP contribution is 2.38. The summed E-state index contributed by atoms with van der Waals surface area (Å²) in [5.74, 6) is 0.433. The molecule has 0 aliphatic carbocycles. The molecule has 1 aromatic carbocycles. The number of carbonyl (C=O) groups excluding carboxylic acids is 1. The molecule has 0 atom stereocenters. The Hall–Kier alpha value is -2.71. The number of aliphatic hydroxyl groups is 1. The van der Waals surface area contributed by atoms with Crippen LogP contribution in [0.1, 0.15) is 12.8 Å². The highest BCUT2D eigenvalue weighted by atomic mass is 32.1. The number of thiazole rings is 1. The van der Waals surface area contributed by atoms with Crippen LogP contribution in [-0.4, -0.2) is 52.3 Å². The van der Waals surface area contributed by atoms with Crippen molar-refractivity contribution in [3.05, 3.63) is 36.5 Å². The Morgan fingerprint density at radius 2 is 2.04 bits per heavy atom. The number of anilines is 1. The van der Waals surface area contributed by atoms with E-state index in [9.17, 15) is 9.90 Å². The first-order valence-corrected chi connectivity index (χ1v) is 9.60. The number of ether oxygens (including phenoxy) is 1. The Morgan fingerprint density at radius 1 is 1.30 bits per heavy atom. The number of fused-ring (bicyclic) bond motifs is 1. The predicted molar refractivity (Wildman–Crippen MR) is 105 cm³/mol. The molecule has 4 rings (SSSR count). The molecule has 140 valence electrons. The van der Waals surface area contributed by atoms with E-state index in [-0.39, 0.29) is 12.1 Å². The van der Waals surface area contributed by atoms with Gasteiger partial charge in [0.2, 0.25) is 5.88 Å². The fourth-order valence-corrected chi connectivity index (χ4v) is 4.14. The molecule has 0 radical (unpaired) electrons. The normalized spacial score (nSPS) is 15.1. The van der Waals surface area contributed by atoms with E-state index < -0.39 is 0 Å². The number of nitrogens with zero attached hydrogens (tertiary/aromatic N) is 3. The number of likely N-dealkylation sites (tertiary alicyclic amines) is 1. The molecule has 0 saturated carbocycles. The summed E-state index contributed by atoms with van der Waals surface area (Å²) >= 11 is 1.40. The molecule has 0 spiro atoms. The summed E-state index contributed by atoms with van der Waals surface area (Å²) in [6.45, 7) is 1.08. The van der Waals surface area contributed by atoms with E-state index in [1.807, 2.05) is 30.3 Å². The summed E-state index contributed by atoms with van der Waals surface area (Å²) in [6, 6.07) is 9.74. The zero-order valence-corrected chi connectivity index (χ0v) is 15.7. The molecule has 2 amide bonds. The number of aliphatic hydroxyl groups excluding tert-OH is 1. The molecule has 1 aliphatic heterocycles. The van der Waals surface area contributed by atoms with Gasteiger partial charge < -0.3 is 14.7 Å². The van der Waals surface area contributed by atoms with Crippen LogP contribution in [0.15, 0.2) is 36.5 Å². The molecular formula is C19H20N4O3S. The van der Waals surface area contributed by atoms with Crippen LogP contribution in [0.3, 0.4) is 0 Å². The molecular weight excluding hydrogens is 364 g/mol. The van der Waals surface area contributed by atoms with Gasteiger partial charge in [-0.15, -0.1) is 0 Å². The third kappa shape index (κ3) is 3.58. The molecule has 3 heterocycles. The number of urea groups is 1. The quantitative estimate of drug-likeness (QED) is 0.723. The molecule has 2 N–H and O–H groups in total. The molecule has 8 heteroatoms.